The molecule has 1 N–H and O–H groups in total. The van der Waals surface area contributed by atoms with Crippen molar-refractivity contribution in [1.29, 1.82) is 0 Å². The predicted octanol–water partition coefficient (Wildman–Crippen LogP) is 5.13. The van der Waals surface area contributed by atoms with Crippen LogP contribution in [0, 0.1) is 13.8 Å². The molecule has 0 saturated heterocycles. The number of carbonyl (C=O) groups is 1. The molecule has 1 aliphatic rings. The van der Waals surface area contributed by atoms with Crippen molar-refractivity contribution in [3.05, 3.63) is 45.6 Å². The maximum absolute atomic E-state index is 12.6. The van der Waals surface area contributed by atoms with E-state index in [0.717, 1.165) is 62.9 Å². The minimum atomic E-state index is -0.0459. The summed E-state index contributed by atoms with van der Waals surface area (Å²) in [7, 11) is 0. The largest absolute Gasteiger partial charge is 0.325 e. The van der Waals surface area contributed by atoms with Crippen molar-refractivity contribution >= 4 is 50.6 Å². The zero-order valence-corrected chi connectivity index (χ0v) is 19.6. The molecular weight excluding hydrogens is 426 g/mol. The fraction of sp³-hybridized carbons (Fsp3) is 0.391. The van der Waals surface area contributed by atoms with Gasteiger partial charge >= 0.3 is 0 Å². The van der Waals surface area contributed by atoms with E-state index in [9.17, 15) is 4.79 Å². The molecule has 3 aromatic heterocycles. The zero-order valence-electron chi connectivity index (χ0n) is 18.0. The van der Waals surface area contributed by atoms with Crippen molar-refractivity contribution in [2.24, 2.45) is 0 Å². The lowest BCUT2D eigenvalue weighted by Gasteiger charge is -2.11. The van der Waals surface area contributed by atoms with Gasteiger partial charge in [0.25, 0.3) is 0 Å². The first kappa shape index (κ1) is 20.5. The maximum Gasteiger partial charge on any atom is 0.234 e. The molecular formula is C23H25N5OS2. The maximum atomic E-state index is 12.6. The minimum absolute atomic E-state index is 0.0459. The molecule has 0 saturated carbocycles. The normalized spacial score (nSPS) is 13.6. The summed E-state index contributed by atoms with van der Waals surface area (Å²) in [5, 5.41) is 13.9. The summed E-state index contributed by atoms with van der Waals surface area (Å²) in [4.78, 5) is 20.1. The molecule has 0 atom stereocenters. The monoisotopic (exact) mass is 451 g/mol. The Balaban J connectivity index is 1.45. The number of nitrogens with one attached hydrogen (secondary N) is 1. The van der Waals surface area contributed by atoms with E-state index in [-0.39, 0.29) is 11.7 Å². The number of rotatable bonds is 5. The Morgan fingerprint density at radius 1 is 1.23 bits per heavy atom. The number of aryl methyl sites for hydroxylation is 4. The number of amides is 1. The van der Waals surface area contributed by atoms with Gasteiger partial charge in [-0.3, -0.25) is 9.20 Å². The smallest absolute Gasteiger partial charge is 0.234 e. The number of hydrogen-bond donors (Lipinski definition) is 1. The Morgan fingerprint density at radius 2 is 2.06 bits per heavy atom. The third kappa shape index (κ3) is 3.61. The summed E-state index contributed by atoms with van der Waals surface area (Å²) in [5.74, 6) is 1.18. The fourth-order valence-corrected chi connectivity index (χ4v) is 6.25. The van der Waals surface area contributed by atoms with E-state index in [0.29, 0.717) is 0 Å². The van der Waals surface area contributed by atoms with Crippen molar-refractivity contribution in [1.82, 2.24) is 19.6 Å². The van der Waals surface area contributed by atoms with Crippen molar-refractivity contribution in [2.45, 2.75) is 58.0 Å². The molecule has 1 aromatic carbocycles. The van der Waals surface area contributed by atoms with Gasteiger partial charge in [-0.2, -0.15) is 0 Å². The van der Waals surface area contributed by atoms with Crippen LogP contribution in [0.2, 0.25) is 0 Å². The van der Waals surface area contributed by atoms with Crippen LogP contribution in [0.1, 0.15) is 47.2 Å². The van der Waals surface area contributed by atoms with Crippen LogP contribution in [0.25, 0.3) is 15.9 Å². The molecule has 0 fully saturated rings. The third-order valence-electron chi connectivity index (χ3n) is 6.03. The number of thiophene rings is 1. The van der Waals surface area contributed by atoms with Gasteiger partial charge in [0, 0.05) is 17.0 Å². The molecule has 8 heteroatoms. The van der Waals surface area contributed by atoms with Gasteiger partial charge in [0.05, 0.1) is 11.1 Å². The number of hydrogen-bond acceptors (Lipinski definition) is 6. The Kier molecular flexibility index (Phi) is 5.44. The molecule has 0 radical (unpaired) electrons. The van der Waals surface area contributed by atoms with Crippen LogP contribution >= 0.6 is 23.1 Å². The lowest BCUT2D eigenvalue weighted by Crippen LogP contribution is -2.15. The highest BCUT2D eigenvalue weighted by molar-refractivity contribution is 7.99. The number of carbonyl (C=O) groups excluding carboxylic acids is 1. The molecule has 0 aliphatic heterocycles. The Morgan fingerprint density at radius 3 is 2.90 bits per heavy atom. The molecule has 160 valence electrons. The summed E-state index contributed by atoms with van der Waals surface area (Å²) in [6.45, 7) is 6.17. The lowest BCUT2D eigenvalue weighted by molar-refractivity contribution is -0.113. The van der Waals surface area contributed by atoms with Crippen molar-refractivity contribution in [2.75, 3.05) is 11.1 Å². The average Bonchev–Trinajstić information content (AvgIpc) is 3.36. The molecule has 5 rings (SSSR count). The third-order valence-corrected chi connectivity index (χ3v) is 8.14. The second kappa shape index (κ2) is 8.24. The van der Waals surface area contributed by atoms with Gasteiger partial charge in [-0.25, -0.2) is 4.98 Å². The van der Waals surface area contributed by atoms with E-state index in [1.165, 1.54) is 35.0 Å². The van der Waals surface area contributed by atoms with E-state index in [1.807, 2.05) is 43.4 Å². The van der Waals surface area contributed by atoms with Crippen LogP contribution in [0.4, 0.5) is 5.69 Å². The van der Waals surface area contributed by atoms with Gasteiger partial charge in [-0.15, -0.1) is 21.5 Å². The topological polar surface area (TPSA) is 72.2 Å². The quantitative estimate of drug-likeness (QED) is 0.426. The molecule has 1 amide bonds. The van der Waals surface area contributed by atoms with Crippen LogP contribution < -0.4 is 5.32 Å². The molecule has 31 heavy (non-hydrogen) atoms. The highest BCUT2D eigenvalue weighted by atomic mass is 32.2. The van der Waals surface area contributed by atoms with Crippen LogP contribution in [0.15, 0.2) is 23.4 Å². The fourth-order valence-electron chi connectivity index (χ4n) is 4.23. The highest BCUT2D eigenvalue weighted by Crippen LogP contribution is 2.38. The second-order valence-electron chi connectivity index (χ2n) is 8.00. The summed E-state index contributed by atoms with van der Waals surface area (Å²) in [6.07, 6.45) is 5.48. The first-order valence-corrected chi connectivity index (χ1v) is 12.5. The van der Waals surface area contributed by atoms with Crippen LogP contribution in [0.3, 0.4) is 0 Å². The van der Waals surface area contributed by atoms with Gasteiger partial charge in [0.1, 0.15) is 10.7 Å². The number of nitrogens with zero attached hydrogens (tertiary/aromatic N) is 4. The van der Waals surface area contributed by atoms with E-state index >= 15 is 0 Å². The van der Waals surface area contributed by atoms with Gasteiger partial charge in [0.2, 0.25) is 5.91 Å². The number of anilines is 1. The van der Waals surface area contributed by atoms with E-state index < -0.39 is 0 Å². The van der Waals surface area contributed by atoms with Crippen molar-refractivity contribution < 1.29 is 4.79 Å². The SMILES string of the molecule is CCc1nc2sc3c(c2c2nnc(SCC(=O)Nc4cccc(C)c4C)n12)CCCC3. The molecule has 0 spiro atoms. The summed E-state index contributed by atoms with van der Waals surface area (Å²) < 4.78 is 2.06. The minimum Gasteiger partial charge on any atom is -0.325 e. The molecule has 3 heterocycles. The predicted molar refractivity (Wildman–Crippen MR) is 127 cm³/mol. The first-order valence-electron chi connectivity index (χ1n) is 10.7. The first-order chi connectivity index (χ1) is 15.1. The van der Waals surface area contributed by atoms with Crippen molar-refractivity contribution in [3.8, 4) is 0 Å². The van der Waals surface area contributed by atoms with Crippen LogP contribution in [-0.4, -0.2) is 31.2 Å². The van der Waals surface area contributed by atoms with Crippen molar-refractivity contribution in [3.63, 3.8) is 0 Å². The van der Waals surface area contributed by atoms with Crippen LogP contribution in [0.5, 0.6) is 0 Å². The zero-order chi connectivity index (χ0) is 21.5. The second-order valence-corrected chi connectivity index (χ2v) is 10.0. The summed E-state index contributed by atoms with van der Waals surface area (Å²) in [6, 6.07) is 5.95. The molecule has 0 unspecified atom stereocenters. The van der Waals surface area contributed by atoms with Gasteiger partial charge in [-0.1, -0.05) is 30.8 Å². The Hall–Kier alpha value is -2.45. The number of benzene rings is 1. The highest BCUT2D eigenvalue weighted by Gasteiger charge is 2.23. The summed E-state index contributed by atoms with van der Waals surface area (Å²) in [5.41, 5.74) is 5.41. The lowest BCUT2D eigenvalue weighted by atomic mass is 9.97. The summed E-state index contributed by atoms with van der Waals surface area (Å²) >= 11 is 3.22. The van der Waals surface area contributed by atoms with Crippen LogP contribution in [-0.2, 0) is 24.1 Å². The number of fused-ring (bicyclic) bond motifs is 5. The van der Waals surface area contributed by atoms with E-state index in [2.05, 4.69) is 26.8 Å². The average molecular weight is 452 g/mol. The molecule has 1 aliphatic carbocycles. The molecule has 6 nitrogen and oxygen atoms in total. The standard InChI is InChI=1S/C23H25N5OS2/c1-4-18-25-22-20(15-9-5-6-11-17(15)31-22)21-26-27-23(28(18)21)30-12-19(29)24-16-10-7-8-13(2)14(16)3/h7-8,10H,4-6,9,11-12H2,1-3H3,(H,24,29). The van der Waals surface area contributed by atoms with Gasteiger partial charge < -0.3 is 5.32 Å². The number of aromatic nitrogens is 4. The number of thioether (sulfide) groups is 1. The van der Waals surface area contributed by atoms with E-state index in [1.54, 1.807) is 0 Å². The molecule has 0 bridgehead atoms. The Labute approximate surface area is 189 Å². The van der Waals surface area contributed by atoms with E-state index in [4.69, 9.17) is 4.98 Å². The molecule has 4 aromatic rings. The van der Waals surface area contributed by atoms with Gasteiger partial charge in [0.15, 0.2) is 10.8 Å². The Bertz CT molecular complexity index is 1310. The van der Waals surface area contributed by atoms with Gasteiger partial charge in [-0.05, 0) is 62.3 Å².